The van der Waals surface area contributed by atoms with Crippen LogP contribution in [0.1, 0.15) is 30.5 Å². The third kappa shape index (κ3) is 3.54. The standard InChI is InChI=1S/C17H16F4O4S/c1-4-9-6-8(3)7-10(5-2)15(9)25-16-11(18)13(20)17(26(22,23)24)14(21)12(16)19/h6-7H,4-5H2,1-3H3,(H,22,23,24). The highest BCUT2D eigenvalue weighted by Gasteiger charge is 2.33. The zero-order chi connectivity index (χ0) is 19.8. The lowest BCUT2D eigenvalue weighted by atomic mass is 10.0. The molecule has 0 aromatic heterocycles. The number of halogens is 4. The number of aryl methyl sites for hydroxylation is 3. The summed E-state index contributed by atoms with van der Waals surface area (Å²) in [5, 5.41) is 0. The van der Waals surface area contributed by atoms with Gasteiger partial charge in [0.15, 0.2) is 16.5 Å². The Morgan fingerprint density at radius 1 is 0.885 bits per heavy atom. The molecule has 0 heterocycles. The molecule has 0 bridgehead atoms. The zero-order valence-electron chi connectivity index (χ0n) is 14.2. The van der Waals surface area contributed by atoms with Crippen LogP contribution in [0.5, 0.6) is 11.5 Å². The van der Waals surface area contributed by atoms with Crippen LogP contribution in [-0.4, -0.2) is 13.0 Å². The molecule has 0 spiro atoms. The lowest BCUT2D eigenvalue weighted by Gasteiger charge is -2.17. The van der Waals surface area contributed by atoms with Crippen molar-refractivity contribution in [1.29, 1.82) is 0 Å². The van der Waals surface area contributed by atoms with Crippen LogP contribution >= 0.6 is 0 Å². The monoisotopic (exact) mass is 392 g/mol. The molecule has 1 N–H and O–H groups in total. The van der Waals surface area contributed by atoms with Gasteiger partial charge in [-0.2, -0.15) is 17.2 Å². The molecule has 9 heteroatoms. The molecule has 26 heavy (non-hydrogen) atoms. The summed E-state index contributed by atoms with van der Waals surface area (Å²) in [6, 6.07) is 3.40. The van der Waals surface area contributed by atoms with E-state index in [1.54, 1.807) is 26.0 Å². The summed E-state index contributed by atoms with van der Waals surface area (Å²) < 4.78 is 92.2. The van der Waals surface area contributed by atoms with E-state index in [-0.39, 0.29) is 5.75 Å². The van der Waals surface area contributed by atoms with Gasteiger partial charge in [-0.3, -0.25) is 4.55 Å². The van der Waals surface area contributed by atoms with E-state index >= 15 is 0 Å². The van der Waals surface area contributed by atoms with Gasteiger partial charge in [0.2, 0.25) is 17.4 Å². The Hall–Kier alpha value is -2.13. The first-order chi connectivity index (χ1) is 12.0. The minimum Gasteiger partial charge on any atom is -0.450 e. The van der Waals surface area contributed by atoms with Crippen LogP contribution in [0.25, 0.3) is 0 Å². The lowest BCUT2D eigenvalue weighted by Crippen LogP contribution is -2.12. The Bertz CT molecular complexity index is 917. The molecule has 2 aromatic rings. The molecule has 0 fully saturated rings. The maximum atomic E-state index is 14.2. The molecule has 142 valence electrons. The van der Waals surface area contributed by atoms with Crippen LogP contribution in [0, 0.1) is 30.2 Å². The van der Waals surface area contributed by atoms with Crippen molar-refractivity contribution in [3.63, 3.8) is 0 Å². The van der Waals surface area contributed by atoms with Crippen LogP contribution < -0.4 is 4.74 Å². The summed E-state index contributed by atoms with van der Waals surface area (Å²) in [4.78, 5) is -2.10. The number of rotatable bonds is 5. The molecular weight excluding hydrogens is 376 g/mol. The van der Waals surface area contributed by atoms with Crippen molar-refractivity contribution >= 4 is 10.1 Å². The lowest BCUT2D eigenvalue weighted by molar-refractivity contribution is 0.344. The Morgan fingerprint density at radius 3 is 1.65 bits per heavy atom. The molecule has 0 saturated heterocycles. The Labute approximate surface area is 148 Å². The topological polar surface area (TPSA) is 63.6 Å². The van der Waals surface area contributed by atoms with Crippen molar-refractivity contribution in [3.05, 3.63) is 52.1 Å². The van der Waals surface area contributed by atoms with Gasteiger partial charge < -0.3 is 4.74 Å². The van der Waals surface area contributed by atoms with E-state index in [0.29, 0.717) is 24.0 Å². The average Bonchev–Trinajstić information content (AvgIpc) is 2.56. The van der Waals surface area contributed by atoms with Crippen LogP contribution in [0.3, 0.4) is 0 Å². The van der Waals surface area contributed by atoms with Crippen molar-refractivity contribution in [2.75, 3.05) is 0 Å². The molecule has 2 rings (SSSR count). The van der Waals surface area contributed by atoms with E-state index < -0.39 is 44.0 Å². The van der Waals surface area contributed by atoms with Crippen LogP contribution in [0.15, 0.2) is 17.0 Å². The first-order valence-electron chi connectivity index (χ1n) is 7.66. The fraction of sp³-hybridized carbons (Fsp3) is 0.294. The highest BCUT2D eigenvalue weighted by molar-refractivity contribution is 7.85. The summed E-state index contributed by atoms with van der Waals surface area (Å²) in [5.41, 5.74) is 1.98. The number of hydrogen-bond acceptors (Lipinski definition) is 3. The van der Waals surface area contributed by atoms with Crippen molar-refractivity contribution in [2.45, 2.75) is 38.5 Å². The number of ether oxygens (including phenoxy) is 1. The summed E-state index contributed by atoms with van der Waals surface area (Å²) in [6.45, 7) is 5.33. The van der Waals surface area contributed by atoms with Crippen molar-refractivity contribution in [2.24, 2.45) is 0 Å². The maximum Gasteiger partial charge on any atom is 0.300 e. The predicted molar refractivity (Wildman–Crippen MR) is 86.1 cm³/mol. The van der Waals surface area contributed by atoms with E-state index in [4.69, 9.17) is 9.29 Å². The van der Waals surface area contributed by atoms with Crippen LogP contribution in [0.2, 0.25) is 0 Å². The molecule has 0 saturated carbocycles. The number of benzene rings is 2. The molecule has 0 unspecified atom stereocenters. The quantitative estimate of drug-likeness (QED) is 0.455. The minimum atomic E-state index is -5.52. The van der Waals surface area contributed by atoms with Crippen LogP contribution in [0.4, 0.5) is 17.6 Å². The van der Waals surface area contributed by atoms with Crippen molar-refractivity contribution in [3.8, 4) is 11.5 Å². The van der Waals surface area contributed by atoms with E-state index in [1.165, 1.54) is 0 Å². The smallest absolute Gasteiger partial charge is 0.300 e. The van der Waals surface area contributed by atoms with Gasteiger partial charge in [0.05, 0.1) is 0 Å². The Morgan fingerprint density at radius 2 is 1.31 bits per heavy atom. The SMILES string of the molecule is CCc1cc(C)cc(CC)c1Oc1c(F)c(F)c(S(=O)(=O)O)c(F)c1F. The van der Waals surface area contributed by atoms with E-state index in [0.717, 1.165) is 5.56 Å². The maximum absolute atomic E-state index is 14.2. The predicted octanol–water partition coefficient (Wildman–Crippen LogP) is 4.72. The zero-order valence-corrected chi connectivity index (χ0v) is 15.0. The third-order valence-electron chi connectivity index (χ3n) is 3.79. The first-order valence-corrected chi connectivity index (χ1v) is 9.10. The summed E-state index contributed by atoms with van der Waals surface area (Å²) in [7, 11) is -5.52. The number of hydrogen-bond donors (Lipinski definition) is 1. The van der Waals surface area contributed by atoms with Gasteiger partial charge in [-0.25, -0.2) is 8.78 Å². The fourth-order valence-corrected chi connectivity index (χ4v) is 3.23. The largest absolute Gasteiger partial charge is 0.450 e. The highest BCUT2D eigenvalue weighted by atomic mass is 32.2. The average molecular weight is 392 g/mol. The van der Waals surface area contributed by atoms with Crippen LogP contribution in [-0.2, 0) is 23.0 Å². The van der Waals surface area contributed by atoms with Gasteiger partial charge in [-0.15, -0.1) is 0 Å². The second-order valence-corrected chi connectivity index (χ2v) is 6.97. The molecule has 0 aliphatic rings. The third-order valence-corrected chi connectivity index (χ3v) is 4.67. The van der Waals surface area contributed by atoms with Crippen molar-refractivity contribution < 1.29 is 35.3 Å². The van der Waals surface area contributed by atoms with Gasteiger partial charge in [-0.1, -0.05) is 31.5 Å². The van der Waals surface area contributed by atoms with Gasteiger partial charge in [0, 0.05) is 0 Å². The molecule has 0 amide bonds. The summed E-state index contributed by atoms with van der Waals surface area (Å²) >= 11 is 0. The fourth-order valence-electron chi connectivity index (χ4n) is 2.59. The van der Waals surface area contributed by atoms with Gasteiger partial charge in [0.1, 0.15) is 5.75 Å². The summed E-state index contributed by atoms with van der Waals surface area (Å²) in [5.74, 6) is -10.0. The second kappa shape index (κ2) is 7.24. The molecule has 0 radical (unpaired) electrons. The van der Waals surface area contributed by atoms with Gasteiger partial charge in [-0.05, 0) is 30.9 Å². The molecule has 0 atom stereocenters. The molecule has 0 aliphatic carbocycles. The van der Waals surface area contributed by atoms with E-state index in [1.807, 2.05) is 6.92 Å². The molecular formula is C17H16F4O4S. The van der Waals surface area contributed by atoms with Crippen molar-refractivity contribution in [1.82, 2.24) is 0 Å². The highest BCUT2D eigenvalue weighted by Crippen LogP contribution is 2.38. The normalized spacial score (nSPS) is 11.7. The van der Waals surface area contributed by atoms with E-state index in [2.05, 4.69) is 0 Å². The first kappa shape index (κ1) is 20.2. The Balaban J connectivity index is 2.74. The van der Waals surface area contributed by atoms with E-state index in [9.17, 15) is 26.0 Å². The summed E-state index contributed by atoms with van der Waals surface area (Å²) in [6.07, 6.45) is 0.836. The molecule has 4 nitrogen and oxygen atoms in total. The molecule has 0 aliphatic heterocycles. The van der Waals surface area contributed by atoms with Gasteiger partial charge >= 0.3 is 10.1 Å². The Kier molecular flexibility index (Phi) is 5.62. The van der Waals surface area contributed by atoms with Gasteiger partial charge in [0.25, 0.3) is 0 Å². The second-order valence-electron chi connectivity index (χ2n) is 5.61. The molecule has 2 aromatic carbocycles. The minimum absolute atomic E-state index is 0.0387.